The van der Waals surface area contributed by atoms with Crippen molar-refractivity contribution in [3.8, 4) is 34.5 Å². The highest BCUT2D eigenvalue weighted by molar-refractivity contribution is 8.00. The van der Waals surface area contributed by atoms with Crippen molar-refractivity contribution in [3.05, 3.63) is 173 Å². The second-order valence-corrected chi connectivity index (χ2v) is 35.5. The number of carbonyl (C=O) groups excluding carboxylic acids is 3. The lowest BCUT2D eigenvalue weighted by Gasteiger charge is -2.26. The molecule has 0 saturated carbocycles. The third-order valence-corrected chi connectivity index (χ3v) is 19.3. The van der Waals surface area contributed by atoms with Crippen LogP contribution in [0.3, 0.4) is 0 Å². The number of nitrogens with zero attached hydrogens (tertiary/aromatic N) is 3. The number of carbonyl (C=O) groups is 3. The largest absolute Gasteiger partial charge is 0.507 e. The van der Waals surface area contributed by atoms with Crippen LogP contribution in [0.1, 0.15) is 244 Å². The number of esters is 3. The summed E-state index contributed by atoms with van der Waals surface area (Å²) >= 11 is 3.83. The maximum atomic E-state index is 14.2. The number of phenols is 3. The third-order valence-electron chi connectivity index (χ3n) is 16.8. The van der Waals surface area contributed by atoms with E-state index < -0.39 is 17.9 Å². The van der Waals surface area contributed by atoms with Crippen LogP contribution in [0.15, 0.2) is 88.3 Å². The molecule has 7 aromatic rings. The van der Waals surface area contributed by atoms with Crippen LogP contribution in [-0.4, -0.2) is 65.4 Å². The maximum Gasteiger partial charge on any atom is 0.312 e. The van der Waals surface area contributed by atoms with Crippen molar-refractivity contribution in [1.82, 2.24) is 15.0 Å². The minimum Gasteiger partial charge on any atom is -0.507 e. The monoisotopic (exact) mass is 1360 g/mol. The lowest BCUT2D eigenvalue weighted by molar-refractivity contribution is -0.134. The first kappa shape index (κ1) is 76.6. The molecule has 0 saturated heterocycles. The Morgan fingerprint density at radius 2 is 0.500 bits per heavy atom. The molecule has 12 nitrogen and oxygen atoms in total. The van der Waals surface area contributed by atoms with Crippen LogP contribution in [-0.2, 0) is 66.1 Å². The van der Waals surface area contributed by atoms with Gasteiger partial charge in [0.1, 0.15) is 34.5 Å². The lowest BCUT2D eigenvalue weighted by atomic mass is 9.81. The van der Waals surface area contributed by atoms with Crippen LogP contribution >= 0.6 is 35.3 Å². The van der Waals surface area contributed by atoms with Crippen molar-refractivity contribution in [2.75, 3.05) is 17.3 Å². The smallest absolute Gasteiger partial charge is 0.312 e. The van der Waals surface area contributed by atoms with E-state index in [1.807, 2.05) is 96.1 Å². The topological polar surface area (TPSA) is 178 Å². The Morgan fingerprint density at radius 1 is 0.312 bits per heavy atom. The molecule has 0 spiro atoms. The minimum absolute atomic E-state index is 0.0113. The Kier molecular flexibility index (Phi) is 24.0. The molecule has 96 heavy (non-hydrogen) atoms. The van der Waals surface area contributed by atoms with Crippen molar-refractivity contribution in [3.63, 3.8) is 0 Å². The number of benzene rings is 6. The number of aryl methyl sites for hydroxylation is 6. The summed E-state index contributed by atoms with van der Waals surface area (Å²) in [6.45, 7) is 49.7. The Hall–Kier alpha value is -6.81. The highest BCUT2D eigenvalue weighted by atomic mass is 32.2. The predicted octanol–water partition coefficient (Wildman–Crippen LogP) is 19.7. The van der Waals surface area contributed by atoms with Crippen molar-refractivity contribution in [2.24, 2.45) is 0 Å². The molecule has 0 atom stereocenters. The number of hydrogen-bond acceptors (Lipinski definition) is 15. The van der Waals surface area contributed by atoms with Gasteiger partial charge in [-0.25, -0.2) is 0 Å². The van der Waals surface area contributed by atoms with Crippen LogP contribution < -0.4 is 14.2 Å². The molecule has 7 rings (SSSR count). The molecule has 0 unspecified atom stereocenters. The second kappa shape index (κ2) is 30.1. The average molecular weight is 1360 g/mol. The summed E-state index contributed by atoms with van der Waals surface area (Å²) in [4.78, 5) is 57.1. The first-order chi connectivity index (χ1) is 44.3. The van der Waals surface area contributed by atoms with Gasteiger partial charge in [-0.3, -0.25) is 14.4 Å². The Morgan fingerprint density at radius 3 is 0.698 bits per heavy atom. The summed E-state index contributed by atoms with van der Waals surface area (Å²) in [5.74, 6) is 1.63. The standard InChI is InChI=1S/C81H105N3O9S3/c1-46-31-52(67(88)58(37-46)76(7,8)9)43-55-34-49(4)40-61(79(16,17)18)70(55)91-64(85)25-28-94-73-82-74(95-29-26-65(86)92-71-56(35-50(5)41-62(71)80(19,20)21)44-53-32-47(2)38-59(68(53)89)77(10,11)12)84-75(83-73)96-30-27-66(87)93-72-57(36-51(6)42-63(72)81(22,23)24)45-54-33-48(3)39-60(69(54)90)78(13,14)15/h31-42,88-90H,25-30,43-45H2,1-24H3. The summed E-state index contributed by atoms with van der Waals surface area (Å²) < 4.78 is 19.2. The van der Waals surface area contributed by atoms with Crippen molar-refractivity contribution >= 4 is 53.2 Å². The van der Waals surface area contributed by atoms with Crippen molar-refractivity contribution in [1.29, 1.82) is 0 Å². The van der Waals surface area contributed by atoms with E-state index in [1.165, 1.54) is 35.3 Å². The summed E-state index contributed by atoms with van der Waals surface area (Å²) in [6.07, 6.45) is 1.09. The molecule has 0 bridgehead atoms. The number of thioether (sulfide) groups is 3. The minimum atomic E-state index is -0.439. The number of rotatable bonds is 21. The predicted molar refractivity (Wildman–Crippen MR) is 395 cm³/mol. The highest BCUT2D eigenvalue weighted by Gasteiger charge is 2.31. The lowest BCUT2D eigenvalue weighted by Crippen LogP contribution is -2.19. The fourth-order valence-corrected chi connectivity index (χ4v) is 14.4. The van der Waals surface area contributed by atoms with Gasteiger partial charge in [0.15, 0.2) is 15.5 Å². The number of ether oxygens (including phenoxy) is 3. The molecule has 0 radical (unpaired) electrons. The van der Waals surface area contributed by atoms with Gasteiger partial charge in [0.2, 0.25) is 0 Å². The molecule has 0 aliphatic heterocycles. The molecule has 6 aromatic carbocycles. The van der Waals surface area contributed by atoms with E-state index in [4.69, 9.17) is 29.2 Å². The van der Waals surface area contributed by atoms with Gasteiger partial charge in [0.25, 0.3) is 0 Å². The van der Waals surface area contributed by atoms with Gasteiger partial charge in [0.05, 0.1) is 19.3 Å². The van der Waals surface area contributed by atoms with Crippen LogP contribution in [0.4, 0.5) is 0 Å². The van der Waals surface area contributed by atoms with Gasteiger partial charge >= 0.3 is 17.9 Å². The zero-order valence-corrected chi connectivity index (χ0v) is 64.1. The first-order valence-corrected chi connectivity index (χ1v) is 36.4. The molecule has 0 aliphatic rings. The summed E-state index contributed by atoms with van der Waals surface area (Å²) in [7, 11) is 0. The van der Waals surface area contributed by atoms with Crippen LogP contribution in [0.25, 0.3) is 0 Å². The van der Waals surface area contributed by atoms with E-state index in [9.17, 15) is 29.7 Å². The zero-order valence-electron chi connectivity index (χ0n) is 61.6. The van der Waals surface area contributed by atoms with Gasteiger partial charge in [0, 0.05) is 53.2 Å². The van der Waals surface area contributed by atoms with Crippen molar-refractivity contribution in [2.45, 2.75) is 253 Å². The Balaban J connectivity index is 1.15. The van der Waals surface area contributed by atoms with E-state index in [2.05, 4.69) is 143 Å². The summed E-state index contributed by atoms with van der Waals surface area (Å²) in [6, 6.07) is 24.4. The summed E-state index contributed by atoms with van der Waals surface area (Å²) in [5.41, 5.74) is 13.9. The normalized spacial score (nSPS) is 12.5. The fourth-order valence-electron chi connectivity index (χ4n) is 12.0. The van der Waals surface area contributed by atoms with E-state index in [-0.39, 0.29) is 86.3 Å². The molecule has 0 aliphatic carbocycles. The number of aromatic nitrogens is 3. The highest BCUT2D eigenvalue weighted by Crippen LogP contribution is 2.45. The van der Waals surface area contributed by atoms with Gasteiger partial charge in [-0.2, -0.15) is 15.0 Å². The maximum absolute atomic E-state index is 14.2. The van der Waals surface area contributed by atoms with Gasteiger partial charge in [-0.05, 0) is 124 Å². The molecular formula is C81H105N3O9S3. The molecular weight excluding hydrogens is 1260 g/mol. The molecule has 0 fully saturated rings. The number of hydrogen-bond donors (Lipinski definition) is 3. The molecule has 1 aromatic heterocycles. The van der Waals surface area contributed by atoms with Gasteiger partial charge < -0.3 is 29.5 Å². The molecule has 3 N–H and O–H groups in total. The molecule has 15 heteroatoms. The third kappa shape index (κ3) is 20.2. The zero-order chi connectivity index (χ0) is 71.5. The van der Waals surface area contributed by atoms with E-state index >= 15 is 0 Å². The fraction of sp³-hybridized carbons (Fsp3) is 0.481. The van der Waals surface area contributed by atoms with Crippen LogP contribution in [0.5, 0.6) is 34.5 Å². The van der Waals surface area contributed by atoms with Gasteiger partial charge in [-0.1, -0.05) is 266 Å². The Labute approximate surface area is 585 Å². The average Bonchev–Trinajstić information content (AvgIpc) is 0.801. The molecule has 0 amide bonds. The molecule has 1 heterocycles. The SMILES string of the molecule is Cc1cc(Cc2cc(C)cc(C(C)(C)C)c2OC(=O)CCSc2nc(SCCC(=O)Oc3c(Cc4cc(C)cc(C(C)(C)C)c4O)cc(C)cc3C(C)(C)C)nc(SCCC(=O)Oc3c(Cc4cc(C)cc(C(C)(C)C)c4O)cc(C)cc3C(C)(C)C)n2)c(O)c(C(C)(C)C)c1. The van der Waals surface area contributed by atoms with Crippen molar-refractivity contribution < 1.29 is 43.9 Å². The van der Waals surface area contributed by atoms with Gasteiger partial charge in [-0.15, -0.1) is 0 Å². The first-order valence-electron chi connectivity index (χ1n) is 33.4. The van der Waals surface area contributed by atoms with E-state index in [0.29, 0.717) is 52.0 Å². The number of aromatic hydroxyl groups is 3. The molecule has 516 valence electrons. The number of phenolic OH excluding ortho intramolecular Hbond substituents is 3. The van der Waals surface area contributed by atoms with Crippen LogP contribution in [0, 0.1) is 41.5 Å². The second-order valence-electron chi connectivity index (χ2n) is 32.3. The quantitative estimate of drug-likeness (QED) is 0.0351. The Bertz CT molecular complexity index is 3630. The van der Waals surface area contributed by atoms with E-state index in [1.54, 1.807) is 0 Å². The van der Waals surface area contributed by atoms with Crippen LogP contribution in [0.2, 0.25) is 0 Å². The van der Waals surface area contributed by atoms with E-state index in [0.717, 1.165) is 100 Å². The summed E-state index contributed by atoms with van der Waals surface area (Å²) in [5, 5.41) is 36.1.